The highest BCUT2D eigenvalue weighted by atomic mass is 16.5. The monoisotopic (exact) mass is 155 g/mol. The van der Waals surface area contributed by atoms with Crippen LogP contribution < -0.4 is 0 Å². The molecule has 1 rings (SSSR count). The zero-order chi connectivity index (χ0) is 8.27. The van der Waals surface area contributed by atoms with Gasteiger partial charge in [-0.2, -0.15) is 0 Å². The Bertz CT molecular complexity index is 183. The van der Waals surface area contributed by atoms with Crippen molar-refractivity contribution in [1.29, 1.82) is 0 Å². The van der Waals surface area contributed by atoms with Crippen molar-refractivity contribution in [3.05, 3.63) is 11.8 Å². The summed E-state index contributed by atoms with van der Waals surface area (Å²) >= 11 is 0. The molecule has 1 fully saturated rings. The van der Waals surface area contributed by atoms with Crippen LogP contribution in [0.4, 0.5) is 0 Å². The number of carbonyl (C=O) groups excluding carboxylic acids is 1. The van der Waals surface area contributed by atoms with E-state index in [1.165, 1.54) is 0 Å². The molecule has 3 nitrogen and oxygen atoms in total. The Morgan fingerprint density at radius 2 is 2.27 bits per heavy atom. The summed E-state index contributed by atoms with van der Waals surface area (Å²) in [7, 11) is 0. The van der Waals surface area contributed by atoms with Crippen LogP contribution in [0.2, 0.25) is 0 Å². The molecule has 0 spiro atoms. The van der Waals surface area contributed by atoms with E-state index in [-0.39, 0.29) is 5.97 Å². The van der Waals surface area contributed by atoms with Gasteiger partial charge in [-0.25, -0.2) is 4.79 Å². The highest BCUT2D eigenvalue weighted by Gasteiger charge is 2.14. The second-order valence-corrected chi connectivity index (χ2v) is 2.57. The van der Waals surface area contributed by atoms with Gasteiger partial charge in [0.15, 0.2) is 0 Å². The quantitative estimate of drug-likeness (QED) is 0.342. The van der Waals surface area contributed by atoms with E-state index in [1.807, 2.05) is 13.1 Å². The topological polar surface area (TPSA) is 29.3 Å². The lowest BCUT2D eigenvalue weighted by Gasteiger charge is -2.00. The Balaban J connectivity index is 2.37. The predicted octanol–water partition coefficient (Wildman–Crippen LogP) is 0.769. The third kappa shape index (κ3) is 2.62. The van der Waals surface area contributed by atoms with Gasteiger partial charge < -0.3 is 9.64 Å². The summed E-state index contributed by atoms with van der Waals surface area (Å²) in [5, 5.41) is 0. The molecule has 1 heterocycles. The summed E-state index contributed by atoms with van der Waals surface area (Å²) < 4.78 is 4.80. The van der Waals surface area contributed by atoms with Gasteiger partial charge in [0.05, 0.1) is 6.61 Å². The summed E-state index contributed by atoms with van der Waals surface area (Å²) in [5.74, 6) is -0.209. The minimum absolute atomic E-state index is 0.209. The minimum Gasteiger partial charge on any atom is -0.463 e. The van der Waals surface area contributed by atoms with Gasteiger partial charge in [0, 0.05) is 24.9 Å². The minimum atomic E-state index is -0.209. The molecule has 0 amide bonds. The van der Waals surface area contributed by atoms with Crippen molar-refractivity contribution in [1.82, 2.24) is 4.90 Å². The number of carbonyl (C=O) groups is 1. The Labute approximate surface area is 66.6 Å². The van der Waals surface area contributed by atoms with E-state index in [0.717, 1.165) is 13.1 Å². The van der Waals surface area contributed by atoms with Gasteiger partial charge in [-0.1, -0.05) is 0 Å². The van der Waals surface area contributed by atoms with Crippen molar-refractivity contribution in [2.45, 2.75) is 13.8 Å². The largest absolute Gasteiger partial charge is 0.463 e. The summed E-state index contributed by atoms with van der Waals surface area (Å²) in [6.45, 7) is 6.16. The molecule has 0 unspecified atom stereocenters. The predicted molar refractivity (Wildman–Crippen MR) is 42.0 cm³/mol. The summed E-state index contributed by atoms with van der Waals surface area (Å²) in [4.78, 5) is 13.1. The van der Waals surface area contributed by atoms with Crippen LogP contribution in [0.15, 0.2) is 11.8 Å². The molecule has 62 valence electrons. The van der Waals surface area contributed by atoms with E-state index in [4.69, 9.17) is 4.74 Å². The molecule has 0 aliphatic carbocycles. The number of esters is 1. The Hall–Kier alpha value is -0.990. The first kappa shape index (κ1) is 8.11. The molecule has 1 aliphatic rings. The molecule has 0 aromatic carbocycles. The van der Waals surface area contributed by atoms with E-state index in [1.54, 1.807) is 6.92 Å². The van der Waals surface area contributed by atoms with Crippen molar-refractivity contribution in [2.24, 2.45) is 0 Å². The molecule has 0 bridgehead atoms. The molecule has 3 heteroatoms. The maximum Gasteiger partial charge on any atom is 0.335 e. The lowest BCUT2D eigenvalue weighted by atomic mass is 10.3. The van der Waals surface area contributed by atoms with Gasteiger partial charge in [-0.3, -0.25) is 0 Å². The molecule has 0 aromatic rings. The molecule has 0 saturated carbocycles. The fraction of sp³-hybridized carbons (Fsp3) is 0.625. The van der Waals surface area contributed by atoms with Crippen LogP contribution in [-0.2, 0) is 9.53 Å². The van der Waals surface area contributed by atoms with E-state index < -0.39 is 0 Å². The van der Waals surface area contributed by atoms with Crippen LogP contribution in [-0.4, -0.2) is 30.6 Å². The van der Waals surface area contributed by atoms with Crippen LogP contribution >= 0.6 is 0 Å². The standard InChI is InChI=1S/C8H13NO2/c1-3-11-8(10)7(2)6-9-4-5-9/h6H,3-5H2,1-2H3. The molecule has 0 N–H and O–H groups in total. The van der Waals surface area contributed by atoms with Crippen LogP contribution in [0.1, 0.15) is 13.8 Å². The molecule has 0 radical (unpaired) electrons. The van der Waals surface area contributed by atoms with Gasteiger partial charge in [-0.05, 0) is 13.8 Å². The smallest absolute Gasteiger partial charge is 0.335 e. The Morgan fingerprint density at radius 3 is 2.73 bits per heavy atom. The molecular weight excluding hydrogens is 142 g/mol. The van der Waals surface area contributed by atoms with Crippen LogP contribution in [0.5, 0.6) is 0 Å². The SMILES string of the molecule is CCOC(=O)C(C)=CN1CC1. The van der Waals surface area contributed by atoms with E-state index in [0.29, 0.717) is 12.2 Å². The van der Waals surface area contributed by atoms with E-state index >= 15 is 0 Å². The maximum atomic E-state index is 11.0. The average Bonchev–Trinajstić information content (AvgIpc) is 2.72. The van der Waals surface area contributed by atoms with Gasteiger partial charge in [0.25, 0.3) is 0 Å². The normalized spacial score (nSPS) is 16.5. The lowest BCUT2D eigenvalue weighted by Crippen LogP contribution is -2.06. The molecule has 11 heavy (non-hydrogen) atoms. The summed E-state index contributed by atoms with van der Waals surface area (Å²) in [6, 6.07) is 0. The fourth-order valence-electron chi connectivity index (χ4n) is 0.758. The van der Waals surface area contributed by atoms with Crippen LogP contribution in [0, 0.1) is 0 Å². The molecule has 1 saturated heterocycles. The Morgan fingerprint density at radius 1 is 1.64 bits per heavy atom. The maximum absolute atomic E-state index is 11.0. The van der Waals surface area contributed by atoms with Crippen molar-refractivity contribution in [3.8, 4) is 0 Å². The first-order chi connectivity index (χ1) is 5.24. The molecule has 1 aliphatic heterocycles. The van der Waals surface area contributed by atoms with Gasteiger partial charge in [0.1, 0.15) is 0 Å². The second kappa shape index (κ2) is 3.42. The van der Waals surface area contributed by atoms with Crippen molar-refractivity contribution in [3.63, 3.8) is 0 Å². The summed E-state index contributed by atoms with van der Waals surface area (Å²) in [5.41, 5.74) is 0.685. The average molecular weight is 155 g/mol. The molecular formula is C8H13NO2. The zero-order valence-corrected chi connectivity index (χ0v) is 6.96. The first-order valence-corrected chi connectivity index (χ1v) is 3.83. The van der Waals surface area contributed by atoms with Gasteiger partial charge >= 0.3 is 5.97 Å². The highest BCUT2D eigenvalue weighted by Crippen LogP contribution is 2.08. The number of ether oxygens (including phenoxy) is 1. The Kier molecular flexibility index (Phi) is 2.52. The van der Waals surface area contributed by atoms with Crippen molar-refractivity contribution < 1.29 is 9.53 Å². The number of rotatable bonds is 3. The van der Waals surface area contributed by atoms with Gasteiger partial charge in [0.2, 0.25) is 0 Å². The third-order valence-electron chi connectivity index (χ3n) is 1.46. The first-order valence-electron chi connectivity index (χ1n) is 3.83. The number of hydrogen-bond acceptors (Lipinski definition) is 3. The summed E-state index contributed by atoms with van der Waals surface area (Å²) in [6.07, 6.45) is 1.85. The zero-order valence-electron chi connectivity index (χ0n) is 6.96. The van der Waals surface area contributed by atoms with Gasteiger partial charge in [-0.15, -0.1) is 0 Å². The molecule has 0 aromatic heterocycles. The van der Waals surface area contributed by atoms with Crippen molar-refractivity contribution >= 4 is 5.97 Å². The van der Waals surface area contributed by atoms with Crippen LogP contribution in [0.3, 0.4) is 0 Å². The number of nitrogens with zero attached hydrogens (tertiary/aromatic N) is 1. The number of hydrogen-bond donors (Lipinski definition) is 0. The van der Waals surface area contributed by atoms with Crippen molar-refractivity contribution in [2.75, 3.05) is 19.7 Å². The highest BCUT2D eigenvalue weighted by molar-refractivity contribution is 5.87. The van der Waals surface area contributed by atoms with E-state index in [9.17, 15) is 4.79 Å². The van der Waals surface area contributed by atoms with E-state index in [2.05, 4.69) is 4.90 Å². The van der Waals surface area contributed by atoms with Crippen LogP contribution in [0.25, 0.3) is 0 Å². The second-order valence-electron chi connectivity index (χ2n) is 2.57. The fourth-order valence-corrected chi connectivity index (χ4v) is 0.758. The third-order valence-corrected chi connectivity index (χ3v) is 1.46. The molecule has 0 atom stereocenters. The lowest BCUT2D eigenvalue weighted by molar-refractivity contribution is -0.138.